The zero-order valence-corrected chi connectivity index (χ0v) is 14.4. The monoisotopic (exact) mass is 313 g/mol. The topological polar surface area (TPSA) is 39.6 Å². The normalized spacial score (nSPS) is 11.3. The highest BCUT2D eigenvalue weighted by molar-refractivity contribution is 5.35. The number of phenolic OH excluding ortho intramolecular Hbond substituents is 1. The lowest BCUT2D eigenvalue weighted by atomic mass is 10.1. The number of aromatic hydroxyl groups is 1. The third-order valence-corrected chi connectivity index (χ3v) is 3.82. The number of benzene rings is 1. The molecular formula is C19H27N3O. The number of hydrogen-bond acceptors (Lipinski definition) is 4. The Kier molecular flexibility index (Phi) is 6.56. The van der Waals surface area contributed by atoms with Gasteiger partial charge in [0.2, 0.25) is 0 Å². The van der Waals surface area contributed by atoms with Crippen molar-refractivity contribution in [1.82, 2.24) is 14.8 Å². The molecule has 0 bridgehead atoms. The van der Waals surface area contributed by atoms with Gasteiger partial charge in [0, 0.05) is 31.4 Å². The maximum atomic E-state index is 10.1. The first kappa shape index (κ1) is 17.4. The predicted molar refractivity (Wildman–Crippen MR) is 94.4 cm³/mol. The van der Waals surface area contributed by atoms with Crippen molar-refractivity contribution in [3.8, 4) is 5.75 Å². The standard InChI is InChI=1S/C19H27N3O/c1-16-8-9-19(23)17(13-16)14-22(12-6-11-21(2)3)15-18-7-4-5-10-20-18/h4-5,7-10,13,23H,6,11-12,14-15H2,1-3H3. The van der Waals surface area contributed by atoms with Gasteiger partial charge in [-0.25, -0.2) is 0 Å². The molecule has 0 amide bonds. The summed E-state index contributed by atoms with van der Waals surface area (Å²) in [5.74, 6) is 0.370. The average molecular weight is 313 g/mol. The first-order valence-electron chi connectivity index (χ1n) is 8.10. The summed E-state index contributed by atoms with van der Waals surface area (Å²) >= 11 is 0. The largest absolute Gasteiger partial charge is 0.508 e. The van der Waals surface area contributed by atoms with Gasteiger partial charge >= 0.3 is 0 Å². The molecule has 0 saturated carbocycles. The molecule has 0 radical (unpaired) electrons. The van der Waals surface area contributed by atoms with Gasteiger partial charge in [-0.2, -0.15) is 0 Å². The minimum absolute atomic E-state index is 0.370. The van der Waals surface area contributed by atoms with E-state index in [0.29, 0.717) is 5.75 Å². The lowest BCUT2D eigenvalue weighted by Gasteiger charge is -2.23. The lowest BCUT2D eigenvalue weighted by molar-refractivity contribution is 0.234. The van der Waals surface area contributed by atoms with E-state index < -0.39 is 0 Å². The van der Waals surface area contributed by atoms with Crippen molar-refractivity contribution in [2.75, 3.05) is 27.2 Å². The van der Waals surface area contributed by atoms with Crippen LogP contribution in [0.4, 0.5) is 0 Å². The summed E-state index contributed by atoms with van der Waals surface area (Å²) in [5.41, 5.74) is 3.21. The van der Waals surface area contributed by atoms with Gasteiger partial charge in [0.05, 0.1) is 5.69 Å². The molecular weight excluding hydrogens is 286 g/mol. The highest BCUT2D eigenvalue weighted by Crippen LogP contribution is 2.21. The number of nitrogens with zero attached hydrogens (tertiary/aromatic N) is 3. The molecule has 0 aliphatic heterocycles. The number of hydrogen-bond donors (Lipinski definition) is 1. The van der Waals surface area contributed by atoms with Crippen LogP contribution in [0, 0.1) is 6.92 Å². The van der Waals surface area contributed by atoms with Crippen LogP contribution in [0.2, 0.25) is 0 Å². The maximum absolute atomic E-state index is 10.1. The number of phenols is 1. The van der Waals surface area contributed by atoms with Gasteiger partial charge in [-0.3, -0.25) is 9.88 Å². The molecule has 2 rings (SSSR count). The van der Waals surface area contributed by atoms with E-state index in [1.807, 2.05) is 24.4 Å². The highest BCUT2D eigenvalue weighted by Gasteiger charge is 2.11. The molecule has 0 unspecified atom stereocenters. The lowest BCUT2D eigenvalue weighted by Crippen LogP contribution is -2.27. The Bertz CT molecular complexity index is 599. The summed E-state index contributed by atoms with van der Waals surface area (Å²) in [7, 11) is 4.19. The van der Waals surface area contributed by atoms with Gasteiger partial charge in [0.15, 0.2) is 0 Å². The fourth-order valence-electron chi connectivity index (χ4n) is 2.63. The van der Waals surface area contributed by atoms with Crippen molar-refractivity contribution in [3.63, 3.8) is 0 Å². The SMILES string of the molecule is Cc1ccc(O)c(CN(CCCN(C)C)Cc2ccccn2)c1. The Balaban J connectivity index is 2.07. The molecule has 1 heterocycles. The second-order valence-corrected chi connectivity index (χ2v) is 6.32. The Morgan fingerprint density at radius 3 is 2.57 bits per heavy atom. The number of aromatic nitrogens is 1. The average Bonchev–Trinajstić information content (AvgIpc) is 2.51. The van der Waals surface area contributed by atoms with Gasteiger partial charge < -0.3 is 10.0 Å². The molecule has 1 aromatic heterocycles. The van der Waals surface area contributed by atoms with E-state index in [4.69, 9.17) is 0 Å². The van der Waals surface area contributed by atoms with E-state index in [-0.39, 0.29) is 0 Å². The molecule has 1 aromatic carbocycles. The molecule has 23 heavy (non-hydrogen) atoms. The van der Waals surface area contributed by atoms with Crippen molar-refractivity contribution >= 4 is 0 Å². The van der Waals surface area contributed by atoms with Crippen molar-refractivity contribution in [2.24, 2.45) is 0 Å². The van der Waals surface area contributed by atoms with Gasteiger partial charge in [-0.15, -0.1) is 0 Å². The molecule has 4 nitrogen and oxygen atoms in total. The van der Waals surface area contributed by atoms with Crippen LogP contribution in [0.5, 0.6) is 5.75 Å². The van der Waals surface area contributed by atoms with Crippen molar-refractivity contribution in [1.29, 1.82) is 0 Å². The summed E-state index contributed by atoms with van der Waals surface area (Å²) in [6.07, 6.45) is 2.92. The zero-order chi connectivity index (χ0) is 16.7. The first-order valence-corrected chi connectivity index (χ1v) is 8.10. The van der Waals surface area contributed by atoms with Gasteiger partial charge in [0.25, 0.3) is 0 Å². The fourth-order valence-corrected chi connectivity index (χ4v) is 2.63. The Hall–Kier alpha value is -1.91. The van der Waals surface area contributed by atoms with Crippen LogP contribution >= 0.6 is 0 Å². The Morgan fingerprint density at radius 1 is 1.04 bits per heavy atom. The van der Waals surface area contributed by atoms with E-state index in [0.717, 1.165) is 43.9 Å². The maximum Gasteiger partial charge on any atom is 0.120 e. The van der Waals surface area contributed by atoms with Crippen molar-refractivity contribution < 1.29 is 5.11 Å². The number of rotatable bonds is 8. The molecule has 0 saturated heterocycles. The van der Waals surface area contributed by atoms with E-state index in [2.05, 4.69) is 47.9 Å². The summed E-state index contributed by atoms with van der Waals surface area (Å²) in [4.78, 5) is 8.97. The highest BCUT2D eigenvalue weighted by atomic mass is 16.3. The van der Waals surface area contributed by atoms with Crippen LogP contribution in [-0.2, 0) is 13.1 Å². The molecule has 0 aliphatic carbocycles. The van der Waals surface area contributed by atoms with E-state index in [1.54, 1.807) is 6.07 Å². The molecule has 2 aromatic rings. The van der Waals surface area contributed by atoms with E-state index in [9.17, 15) is 5.11 Å². The summed E-state index contributed by atoms with van der Waals surface area (Å²) < 4.78 is 0. The minimum atomic E-state index is 0.370. The summed E-state index contributed by atoms with van der Waals surface area (Å²) in [6, 6.07) is 11.8. The molecule has 0 spiro atoms. The van der Waals surface area contributed by atoms with Crippen molar-refractivity contribution in [3.05, 3.63) is 59.4 Å². The molecule has 4 heteroatoms. The Morgan fingerprint density at radius 2 is 1.87 bits per heavy atom. The summed E-state index contributed by atoms with van der Waals surface area (Å²) in [5, 5.41) is 10.1. The fraction of sp³-hybridized carbons (Fsp3) is 0.421. The third kappa shape index (κ3) is 6.00. The number of pyridine rings is 1. The van der Waals surface area contributed by atoms with Crippen LogP contribution < -0.4 is 0 Å². The minimum Gasteiger partial charge on any atom is -0.508 e. The predicted octanol–water partition coefficient (Wildman–Crippen LogP) is 3.05. The summed E-state index contributed by atoms with van der Waals surface area (Å²) in [6.45, 7) is 5.61. The van der Waals surface area contributed by atoms with Crippen molar-refractivity contribution in [2.45, 2.75) is 26.4 Å². The van der Waals surface area contributed by atoms with Crippen LogP contribution in [0.15, 0.2) is 42.6 Å². The van der Waals surface area contributed by atoms with Crippen LogP contribution in [0.1, 0.15) is 23.2 Å². The van der Waals surface area contributed by atoms with Crippen LogP contribution in [0.25, 0.3) is 0 Å². The molecule has 0 atom stereocenters. The van der Waals surface area contributed by atoms with Crippen LogP contribution in [-0.4, -0.2) is 47.1 Å². The van der Waals surface area contributed by atoms with Gasteiger partial charge in [-0.05, 0) is 52.2 Å². The second-order valence-electron chi connectivity index (χ2n) is 6.32. The van der Waals surface area contributed by atoms with E-state index >= 15 is 0 Å². The van der Waals surface area contributed by atoms with E-state index in [1.165, 1.54) is 5.56 Å². The molecule has 1 N–H and O–H groups in total. The molecule has 0 aliphatic rings. The Labute approximate surface area is 139 Å². The van der Waals surface area contributed by atoms with Gasteiger partial charge in [0.1, 0.15) is 5.75 Å². The third-order valence-electron chi connectivity index (χ3n) is 3.82. The first-order chi connectivity index (χ1) is 11.0. The number of aryl methyl sites for hydroxylation is 1. The smallest absolute Gasteiger partial charge is 0.120 e. The van der Waals surface area contributed by atoms with Crippen LogP contribution in [0.3, 0.4) is 0 Å². The quantitative estimate of drug-likeness (QED) is 0.813. The second kappa shape index (κ2) is 8.65. The van der Waals surface area contributed by atoms with Gasteiger partial charge in [-0.1, -0.05) is 23.8 Å². The molecule has 0 fully saturated rings. The molecule has 124 valence electrons. The zero-order valence-electron chi connectivity index (χ0n) is 14.4.